The van der Waals surface area contributed by atoms with Crippen LogP contribution in [-0.4, -0.2) is 59.2 Å². The standard InChI is InChI=1S/C12H22N6O/c1-8-5-18(6-9(2)19-8)7-10-14-11(13)16-12(15-10)17(3)4/h8-9H,5-7H2,1-4H3,(H2,13,14,15,16)/t8-,9+. The first-order chi connectivity index (χ1) is 8.94. The molecule has 0 bridgehead atoms. The molecular formula is C12H22N6O. The molecular weight excluding hydrogens is 244 g/mol. The first-order valence-electron chi connectivity index (χ1n) is 6.49. The molecule has 0 saturated carbocycles. The van der Waals surface area contributed by atoms with E-state index in [1.807, 2.05) is 19.0 Å². The maximum Gasteiger partial charge on any atom is 0.229 e. The van der Waals surface area contributed by atoms with E-state index in [0.717, 1.165) is 13.1 Å². The number of aromatic nitrogens is 3. The lowest BCUT2D eigenvalue weighted by Gasteiger charge is -2.34. The Kier molecular flexibility index (Phi) is 4.16. The van der Waals surface area contributed by atoms with Crippen LogP contribution in [0.1, 0.15) is 19.7 Å². The van der Waals surface area contributed by atoms with E-state index in [1.165, 1.54) is 0 Å². The number of hydrogen-bond donors (Lipinski definition) is 1. The zero-order valence-corrected chi connectivity index (χ0v) is 12.0. The number of hydrogen-bond acceptors (Lipinski definition) is 7. The fourth-order valence-electron chi connectivity index (χ4n) is 2.31. The van der Waals surface area contributed by atoms with Crippen LogP contribution < -0.4 is 10.6 Å². The summed E-state index contributed by atoms with van der Waals surface area (Å²) in [6.07, 6.45) is 0.465. The number of rotatable bonds is 3. The van der Waals surface area contributed by atoms with Gasteiger partial charge in [-0.1, -0.05) is 0 Å². The van der Waals surface area contributed by atoms with Crippen LogP contribution in [0.15, 0.2) is 0 Å². The Morgan fingerprint density at radius 3 is 2.42 bits per heavy atom. The number of nitrogens with two attached hydrogens (primary N) is 1. The molecule has 1 aliphatic rings. The largest absolute Gasteiger partial charge is 0.373 e. The molecule has 2 rings (SSSR count). The molecule has 0 radical (unpaired) electrons. The van der Waals surface area contributed by atoms with E-state index in [4.69, 9.17) is 10.5 Å². The third kappa shape index (κ3) is 3.74. The van der Waals surface area contributed by atoms with E-state index < -0.39 is 0 Å². The topological polar surface area (TPSA) is 80.4 Å². The van der Waals surface area contributed by atoms with E-state index >= 15 is 0 Å². The van der Waals surface area contributed by atoms with Gasteiger partial charge in [0.25, 0.3) is 0 Å². The summed E-state index contributed by atoms with van der Waals surface area (Å²) >= 11 is 0. The highest BCUT2D eigenvalue weighted by Gasteiger charge is 2.23. The van der Waals surface area contributed by atoms with Crippen LogP contribution in [0.4, 0.5) is 11.9 Å². The summed E-state index contributed by atoms with van der Waals surface area (Å²) in [5.74, 6) is 1.57. The summed E-state index contributed by atoms with van der Waals surface area (Å²) in [6.45, 7) is 6.59. The molecule has 2 N–H and O–H groups in total. The van der Waals surface area contributed by atoms with Crippen molar-refractivity contribution in [1.29, 1.82) is 0 Å². The number of nitrogen functional groups attached to an aromatic ring is 1. The van der Waals surface area contributed by atoms with Gasteiger partial charge in [-0.25, -0.2) is 0 Å². The average molecular weight is 266 g/mol. The molecule has 106 valence electrons. The van der Waals surface area contributed by atoms with E-state index in [0.29, 0.717) is 18.3 Å². The predicted octanol–water partition coefficient (Wildman–Crippen LogP) is 0.129. The van der Waals surface area contributed by atoms with Gasteiger partial charge in [-0.15, -0.1) is 0 Å². The molecule has 0 unspecified atom stereocenters. The highest BCUT2D eigenvalue weighted by Crippen LogP contribution is 2.14. The van der Waals surface area contributed by atoms with Gasteiger partial charge in [0, 0.05) is 27.2 Å². The van der Waals surface area contributed by atoms with Gasteiger partial charge < -0.3 is 15.4 Å². The van der Waals surface area contributed by atoms with Gasteiger partial charge in [-0.3, -0.25) is 4.90 Å². The highest BCUT2D eigenvalue weighted by atomic mass is 16.5. The molecule has 7 nitrogen and oxygen atoms in total. The van der Waals surface area contributed by atoms with Crippen LogP contribution in [-0.2, 0) is 11.3 Å². The van der Waals surface area contributed by atoms with Crippen molar-refractivity contribution in [1.82, 2.24) is 19.9 Å². The number of nitrogens with zero attached hydrogens (tertiary/aromatic N) is 5. The van der Waals surface area contributed by atoms with E-state index in [2.05, 4.69) is 33.7 Å². The summed E-state index contributed by atoms with van der Waals surface area (Å²) < 4.78 is 5.71. The molecule has 1 aromatic rings. The van der Waals surface area contributed by atoms with Crippen LogP contribution >= 0.6 is 0 Å². The zero-order valence-electron chi connectivity index (χ0n) is 12.0. The minimum absolute atomic E-state index is 0.233. The Bertz CT molecular complexity index is 428. The summed E-state index contributed by atoms with van der Waals surface area (Å²) in [5.41, 5.74) is 5.72. The predicted molar refractivity (Wildman–Crippen MR) is 73.9 cm³/mol. The third-order valence-corrected chi connectivity index (χ3v) is 2.95. The summed E-state index contributed by atoms with van der Waals surface area (Å²) in [6, 6.07) is 0. The smallest absolute Gasteiger partial charge is 0.229 e. The summed E-state index contributed by atoms with van der Waals surface area (Å²) in [5, 5.41) is 0. The van der Waals surface area contributed by atoms with Crippen molar-refractivity contribution >= 4 is 11.9 Å². The van der Waals surface area contributed by atoms with Crippen molar-refractivity contribution in [3.63, 3.8) is 0 Å². The van der Waals surface area contributed by atoms with Crippen molar-refractivity contribution in [3.05, 3.63) is 5.82 Å². The third-order valence-electron chi connectivity index (χ3n) is 2.95. The van der Waals surface area contributed by atoms with Gasteiger partial charge in [0.05, 0.1) is 18.8 Å². The normalized spacial score (nSPS) is 24.4. The van der Waals surface area contributed by atoms with E-state index in [1.54, 1.807) is 0 Å². The monoisotopic (exact) mass is 266 g/mol. The Labute approximate surface area is 113 Å². The van der Waals surface area contributed by atoms with Crippen LogP contribution in [0.2, 0.25) is 0 Å². The molecule has 1 fully saturated rings. The zero-order chi connectivity index (χ0) is 14.0. The Balaban J connectivity index is 2.10. The van der Waals surface area contributed by atoms with Crippen LogP contribution in [0.3, 0.4) is 0 Å². The van der Waals surface area contributed by atoms with Gasteiger partial charge in [0.2, 0.25) is 11.9 Å². The molecule has 0 aromatic carbocycles. The Morgan fingerprint density at radius 2 is 1.84 bits per heavy atom. The van der Waals surface area contributed by atoms with Crippen molar-refractivity contribution in [2.75, 3.05) is 37.8 Å². The minimum Gasteiger partial charge on any atom is -0.373 e. The van der Waals surface area contributed by atoms with Crippen molar-refractivity contribution < 1.29 is 4.74 Å². The first-order valence-corrected chi connectivity index (χ1v) is 6.49. The van der Waals surface area contributed by atoms with E-state index in [-0.39, 0.29) is 18.2 Å². The van der Waals surface area contributed by atoms with Crippen molar-refractivity contribution in [2.24, 2.45) is 0 Å². The number of morpholine rings is 1. The lowest BCUT2D eigenvalue weighted by molar-refractivity contribution is -0.0710. The van der Waals surface area contributed by atoms with Crippen LogP contribution in [0.5, 0.6) is 0 Å². The molecule has 0 amide bonds. The molecule has 1 aromatic heterocycles. The molecule has 1 saturated heterocycles. The quantitative estimate of drug-likeness (QED) is 0.832. The second kappa shape index (κ2) is 5.66. The number of ether oxygens (including phenoxy) is 1. The fourth-order valence-corrected chi connectivity index (χ4v) is 2.31. The van der Waals surface area contributed by atoms with Gasteiger partial charge >= 0.3 is 0 Å². The summed E-state index contributed by atoms with van der Waals surface area (Å²) in [4.78, 5) is 16.8. The molecule has 0 spiro atoms. The maximum absolute atomic E-state index is 5.72. The molecule has 19 heavy (non-hydrogen) atoms. The summed E-state index contributed by atoms with van der Waals surface area (Å²) in [7, 11) is 3.77. The molecule has 0 aliphatic carbocycles. The van der Waals surface area contributed by atoms with Gasteiger partial charge in [0.1, 0.15) is 5.82 Å². The highest BCUT2D eigenvalue weighted by molar-refractivity contribution is 5.32. The Morgan fingerprint density at radius 1 is 1.21 bits per heavy atom. The average Bonchev–Trinajstić information content (AvgIpc) is 2.26. The van der Waals surface area contributed by atoms with Gasteiger partial charge in [0.15, 0.2) is 0 Å². The first kappa shape index (κ1) is 14.0. The number of anilines is 2. The van der Waals surface area contributed by atoms with Crippen molar-refractivity contribution in [3.8, 4) is 0 Å². The molecule has 1 aliphatic heterocycles. The fraction of sp³-hybridized carbons (Fsp3) is 0.750. The molecule has 7 heteroatoms. The van der Waals surface area contributed by atoms with Crippen molar-refractivity contribution in [2.45, 2.75) is 32.6 Å². The maximum atomic E-state index is 5.72. The van der Waals surface area contributed by atoms with Gasteiger partial charge in [-0.05, 0) is 13.8 Å². The second-order valence-corrected chi connectivity index (χ2v) is 5.26. The molecule has 2 heterocycles. The van der Waals surface area contributed by atoms with Crippen LogP contribution in [0.25, 0.3) is 0 Å². The lowest BCUT2D eigenvalue weighted by Crippen LogP contribution is -2.45. The second-order valence-electron chi connectivity index (χ2n) is 5.26. The van der Waals surface area contributed by atoms with E-state index in [9.17, 15) is 0 Å². The SMILES string of the molecule is C[C@@H]1CN(Cc2nc(N)nc(N(C)C)n2)C[C@H](C)O1. The van der Waals surface area contributed by atoms with Crippen LogP contribution in [0, 0.1) is 0 Å². The lowest BCUT2D eigenvalue weighted by atomic mass is 10.2. The Hall–Kier alpha value is -1.47. The van der Waals surface area contributed by atoms with Gasteiger partial charge in [-0.2, -0.15) is 15.0 Å². The minimum atomic E-state index is 0.233. The molecule has 2 atom stereocenters.